The predicted molar refractivity (Wildman–Crippen MR) is 108 cm³/mol. The number of carbonyl (C=O) groups excluding carboxylic acids is 2. The minimum atomic E-state index is -0.257. The molecule has 2 amide bonds. The highest BCUT2D eigenvalue weighted by molar-refractivity contribution is 6.11. The fourth-order valence-corrected chi connectivity index (χ4v) is 3.25. The quantitative estimate of drug-likeness (QED) is 0.633. The van der Waals surface area contributed by atoms with Crippen molar-refractivity contribution in [1.29, 1.82) is 0 Å². The van der Waals surface area contributed by atoms with E-state index in [0.717, 1.165) is 16.9 Å². The first-order valence-electron chi connectivity index (χ1n) is 8.88. The van der Waals surface area contributed by atoms with Crippen LogP contribution in [0, 0.1) is 0 Å². The van der Waals surface area contributed by atoms with Crippen LogP contribution in [-0.2, 0) is 6.54 Å². The molecule has 3 N–H and O–H groups in total. The molecule has 0 saturated carbocycles. The van der Waals surface area contributed by atoms with Gasteiger partial charge in [-0.1, -0.05) is 30.3 Å². The van der Waals surface area contributed by atoms with Crippen LogP contribution in [0.1, 0.15) is 26.3 Å². The average Bonchev–Trinajstić information content (AvgIpc) is 3.13. The molecule has 0 aromatic heterocycles. The van der Waals surface area contributed by atoms with E-state index in [1.54, 1.807) is 37.4 Å². The molecule has 6 heteroatoms. The molecule has 0 atom stereocenters. The molecule has 1 heterocycles. The lowest BCUT2D eigenvalue weighted by Gasteiger charge is -2.15. The van der Waals surface area contributed by atoms with Gasteiger partial charge in [0, 0.05) is 23.4 Å². The van der Waals surface area contributed by atoms with Crippen LogP contribution in [0.4, 0.5) is 17.1 Å². The summed E-state index contributed by atoms with van der Waals surface area (Å²) in [5.41, 5.74) is 3.89. The van der Waals surface area contributed by atoms with Gasteiger partial charge in [0.1, 0.15) is 5.75 Å². The molecular formula is C22H19N3O3. The number of hydrogen-bond donors (Lipinski definition) is 3. The molecule has 0 spiro atoms. The first kappa shape index (κ1) is 17.6. The Hall–Kier alpha value is -3.80. The van der Waals surface area contributed by atoms with E-state index in [4.69, 9.17) is 4.74 Å². The zero-order valence-corrected chi connectivity index (χ0v) is 15.3. The number of carbonyl (C=O) groups is 2. The van der Waals surface area contributed by atoms with Crippen LogP contribution in [0.15, 0.2) is 66.7 Å². The molecule has 28 heavy (non-hydrogen) atoms. The zero-order chi connectivity index (χ0) is 19.5. The Kier molecular flexibility index (Phi) is 4.68. The number of nitrogens with one attached hydrogen (secondary N) is 3. The van der Waals surface area contributed by atoms with Gasteiger partial charge in [0.15, 0.2) is 0 Å². The number of ether oxygens (including phenoxy) is 1. The number of para-hydroxylation sites is 2. The van der Waals surface area contributed by atoms with Crippen LogP contribution >= 0.6 is 0 Å². The van der Waals surface area contributed by atoms with Gasteiger partial charge >= 0.3 is 0 Å². The van der Waals surface area contributed by atoms with Gasteiger partial charge in [-0.25, -0.2) is 0 Å². The minimum absolute atomic E-state index is 0.206. The second-order valence-corrected chi connectivity index (χ2v) is 6.34. The van der Waals surface area contributed by atoms with Gasteiger partial charge in [-0.2, -0.15) is 0 Å². The molecule has 0 aliphatic carbocycles. The van der Waals surface area contributed by atoms with E-state index in [2.05, 4.69) is 16.0 Å². The zero-order valence-electron chi connectivity index (χ0n) is 15.3. The number of anilines is 3. The molecular weight excluding hydrogens is 354 g/mol. The summed E-state index contributed by atoms with van der Waals surface area (Å²) in [6.07, 6.45) is 0. The molecule has 0 radical (unpaired) electrons. The molecule has 0 fully saturated rings. The summed E-state index contributed by atoms with van der Waals surface area (Å²) < 4.78 is 5.38. The Morgan fingerprint density at radius 3 is 2.43 bits per heavy atom. The summed E-state index contributed by atoms with van der Waals surface area (Å²) in [4.78, 5) is 24.9. The predicted octanol–water partition coefficient (Wildman–Crippen LogP) is 3.93. The highest BCUT2D eigenvalue weighted by Gasteiger charge is 2.26. The maximum Gasteiger partial charge on any atom is 0.255 e. The molecule has 140 valence electrons. The molecule has 1 aliphatic rings. The third kappa shape index (κ3) is 3.27. The Morgan fingerprint density at radius 2 is 1.64 bits per heavy atom. The largest absolute Gasteiger partial charge is 0.495 e. The van der Waals surface area contributed by atoms with Crippen LogP contribution in [0.3, 0.4) is 0 Å². The number of fused-ring (bicyclic) bond motifs is 1. The minimum Gasteiger partial charge on any atom is -0.495 e. The molecule has 6 nitrogen and oxygen atoms in total. The fourth-order valence-electron chi connectivity index (χ4n) is 3.25. The monoisotopic (exact) mass is 373 g/mol. The van der Waals surface area contributed by atoms with Crippen molar-refractivity contribution in [2.75, 3.05) is 17.7 Å². The molecule has 0 unspecified atom stereocenters. The number of methoxy groups -OCH3 is 1. The average molecular weight is 373 g/mol. The summed E-state index contributed by atoms with van der Waals surface area (Å²) >= 11 is 0. The van der Waals surface area contributed by atoms with E-state index in [1.807, 2.05) is 36.4 Å². The second kappa shape index (κ2) is 7.44. The molecule has 3 aromatic rings. The standard InChI is InChI=1S/C22H19N3O3/c1-28-19-10-6-5-9-17(19)24-16-11-12-18(20-15(16)13-23-22(20)27)25-21(26)14-7-3-2-4-8-14/h2-12,24H,13H2,1H3,(H,23,27)(H,25,26). The lowest BCUT2D eigenvalue weighted by molar-refractivity contribution is 0.0966. The van der Waals surface area contributed by atoms with Gasteiger partial charge in [-0.15, -0.1) is 0 Å². The van der Waals surface area contributed by atoms with E-state index in [1.165, 1.54) is 0 Å². The van der Waals surface area contributed by atoms with Crippen LogP contribution in [0.5, 0.6) is 5.75 Å². The van der Waals surface area contributed by atoms with Gasteiger partial charge < -0.3 is 20.7 Å². The molecule has 3 aromatic carbocycles. The fraction of sp³-hybridized carbons (Fsp3) is 0.0909. The van der Waals surface area contributed by atoms with Crippen molar-refractivity contribution in [3.63, 3.8) is 0 Å². The summed E-state index contributed by atoms with van der Waals surface area (Å²) in [6.45, 7) is 0.390. The summed E-state index contributed by atoms with van der Waals surface area (Å²) in [5.74, 6) is 0.241. The number of benzene rings is 3. The van der Waals surface area contributed by atoms with Gasteiger partial charge in [0.05, 0.1) is 24.0 Å². The second-order valence-electron chi connectivity index (χ2n) is 6.34. The highest BCUT2D eigenvalue weighted by atomic mass is 16.5. The van der Waals surface area contributed by atoms with E-state index in [9.17, 15) is 9.59 Å². The number of amides is 2. The Labute approximate surface area is 162 Å². The topological polar surface area (TPSA) is 79.5 Å². The maximum atomic E-state index is 12.5. The van der Waals surface area contributed by atoms with Gasteiger partial charge in [0.25, 0.3) is 11.8 Å². The van der Waals surface area contributed by atoms with Crippen LogP contribution < -0.4 is 20.7 Å². The third-order valence-corrected chi connectivity index (χ3v) is 4.63. The van der Waals surface area contributed by atoms with Crippen LogP contribution in [0.25, 0.3) is 0 Å². The SMILES string of the molecule is COc1ccccc1Nc1ccc(NC(=O)c2ccccc2)c2c1CNC2=O. The maximum absolute atomic E-state index is 12.5. The highest BCUT2D eigenvalue weighted by Crippen LogP contribution is 2.35. The van der Waals surface area contributed by atoms with Gasteiger partial charge in [-0.3, -0.25) is 9.59 Å². The molecule has 0 bridgehead atoms. The lowest BCUT2D eigenvalue weighted by Crippen LogP contribution is -2.17. The summed E-state index contributed by atoms with van der Waals surface area (Å²) in [7, 11) is 1.61. The van der Waals surface area contributed by atoms with E-state index < -0.39 is 0 Å². The molecule has 0 saturated heterocycles. The summed E-state index contributed by atoms with van der Waals surface area (Å²) in [6, 6.07) is 20.1. The van der Waals surface area contributed by atoms with E-state index in [-0.39, 0.29) is 11.8 Å². The third-order valence-electron chi connectivity index (χ3n) is 4.63. The van der Waals surface area contributed by atoms with E-state index in [0.29, 0.717) is 29.1 Å². The Bertz CT molecular complexity index is 1050. The van der Waals surface area contributed by atoms with Gasteiger partial charge in [-0.05, 0) is 36.4 Å². The van der Waals surface area contributed by atoms with Crippen molar-refractivity contribution in [2.24, 2.45) is 0 Å². The Balaban J connectivity index is 1.67. The number of hydrogen-bond acceptors (Lipinski definition) is 4. The van der Waals surface area contributed by atoms with Crippen molar-refractivity contribution >= 4 is 28.9 Å². The Morgan fingerprint density at radius 1 is 0.929 bits per heavy atom. The molecule has 1 aliphatic heterocycles. The first-order chi connectivity index (χ1) is 13.7. The van der Waals surface area contributed by atoms with Crippen molar-refractivity contribution < 1.29 is 14.3 Å². The van der Waals surface area contributed by atoms with E-state index >= 15 is 0 Å². The number of rotatable bonds is 5. The van der Waals surface area contributed by atoms with Crippen molar-refractivity contribution in [1.82, 2.24) is 5.32 Å². The van der Waals surface area contributed by atoms with Crippen molar-refractivity contribution in [3.8, 4) is 5.75 Å². The normalized spacial score (nSPS) is 12.1. The molecule has 4 rings (SSSR count). The first-order valence-corrected chi connectivity index (χ1v) is 8.88. The smallest absolute Gasteiger partial charge is 0.255 e. The lowest BCUT2D eigenvalue weighted by atomic mass is 10.0. The van der Waals surface area contributed by atoms with Crippen LogP contribution in [-0.4, -0.2) is 18.9 Å². The summed E-state index contributed by atoms with van der Waals surface area (Å²) in [5, 5.41) is 9.01. The van der Waals surface area contributed by atoms with Gasteiger partial charge in [0.2, 0.25) is 0 Å². The van der Waals surface area contributed by atoms with Crippen molar-refractivity contribution in [3.05, 3.63) is 83.4 Å². The van der Waals surface area contributed by atoms with Crippen molar-refractivity contribution in [2.45, 2.75) is 6.54 Å². The van der Waals surface area contributed by atoms with Crippen LogP contribution in [0.2, 0.25) is 0 Å².